The molecule has 0 aliphatic carbocycles. The number of hydrogen-bond donors (Lipinski definition) is 0. The van der Waals surface area contributed by atoms with Crippen LogP contribution in [-0.2, 0) is 6.18 Å². The van der Waals surface area contributed by atoms with Crippen LogP contribution in [0.3, 0.4) is 0 Å². The second kappa shape index (κ2) is 7.55. The van der Waals surface area contributed by atoms with Gasteiger partial charge < -0.3 is 9.26 Å². The molecule has 0 aliphatic rings. The van der Waals surface area contributed by atoms with Crippen molar-refractivity contribution in [1.29, 1.82) is 0 Å². The third-order valence-electron chi connectivity index (χ3n) is 3.61. The zero-order valence-electron chi connectivity index (χ0n) is 14.0. The van der Waals surface area contributed by atoms with Crippen molar-refractivity contribution in [3.05, 3.63) is 48.2 Å². The summed E-state index contributed by atoms with van der Waals surface area (Å²) in [5.74, 6) is 0.548. The molecule has 5 nitrogen and oxygen atoms in total. The molecule has 136 valence electrons. The van der Waals surface area contributed by atoms with E-state index >= 15 is 0 Å². The molecule has 2 heterocycles. The number of ether oxygens (including phenoxy) is 1. The maximum atomic E-state index is 12.9. The summed E-state index contributed by atoms with van der Waals surface area (Å²) in [6, 6.07) is 8.17. The van der Waals surface area contributed by atoms with E-state index in [2.05, 4.69) is 15.1 Å². The molecule has 0 saturated carbocycles. The smallest absolute Gasteiger partial charge is 0.416 e. The van der Waals surface area contributed by atoms with Gasteiger partial charge in [-0.1, -0.05) is 30.6 Å². The molecule has 0 atom stereocenters. The minimum Gasteiger partial charge on any atom is -0.477 e. The number of nitrogens with zero attached hydrogens (tertiary/aromatic N) is 3. The van der Waals surface area contributed by atoms with Gasteiger partial charge in [0, 0.05) is 11.8 Å². The lowest BCUT2D eigenvalue weighted by atomic mass is 10.1. The zero-order valence-corrected chi connectivity index (χ0v) is 14.0. The fourth-order valence-corrected chi connectivity index (χ4v) is 2.27. The van der Waals surface area contributed by atoms with E-state index in [1.807, 2.05) is 6.92 Å². The van der Waals surface area contributed by atoms with Crippen LogP contribution in [0.25, 0.3) is 22.8 Å². The molecular formula is C18H16F3N3O2. The predicted octanol–water partition coefficient (Wildman–Crippen LogP) is 5.00. The minimum absolute atomic E-state index is 0.0643. The first-order valence-electron chi connectivity index (χ1n) is 8.08. The van der Waals surface area contributed by atoms with Gasteiger partial charge in [0.1, 0.15) is 5.56 Å². The first-order chi connectivity index (χ1) is 12.5. The second-order valence-corrected chi connectivity index (χ2v) is 5.56. The van der Waals surface area contributed by atoms with Crippen LogP contribution in [0.2, 0.25) is 0 Å². The number of benzene rings is 1. The van der Waals surface area contributed by atoms with Crippen molar-refractivity contribution in [2.75, 3.05) is 6.61 Å². The number of pyridine rings is 1. The van der Waals surface area contributed by atoms with Crippen molar-refractivity contribution in [3.63, 3.8) is 0 Å². The average molecular weight is 363 g/mol. The van der Waals surface area contributed by atoms with E-state index < -0.39 is 11.7 Å². The van der Waals surface area contributed by atoms with Gasteiger partial charge in [0.05, 0.1) is 12.2 Å². The van der Waals surface area contributed by atoms with Gasteiger partial charge in [-0.25, -0.2) is 4.98 Å². The van der Waals surface area contributed by atoms with Gasteiger partial charge in [-0.05, 0) is 30.7 Å². The Morgan fingerprint density at radius 3 is 2.77 bits per heavy atom. The number of halogens is 3. The van der Waals surface area contributed by atoms with Gasteiger partial charge in [-0.15, -0.1) is 0 Å². The molecule has 0 unspecified atom stereocenters. The van der Waals surface area contributed by atoms with E-state index in [1.165, 1.54) is 12.1 Å². The third kappa shape index (κ3) is 4.01. The molecule has 0 N–H and O–H groups in total. The standard InChI is InChI=1S/C18H16F3N3O2/c1-2-3-10-25-16-14(8-5-9-22-16)17-23-15(24-26-17)12-6-4-7-13(11-12)18(19,20)21/h4-9,11H,2-3,10H2,1H3. The largest absolute Gasteiger partial charge is 0.477 e. The topological polar surface area (TPSA) is 61.0 Å². The van der Waals surface area contributed by atoms with Gasteiger partial charge in [-0.2, -0.15) is 18.2 Å². The van der Waals surface area contributed by atoms with Gasteiger partial charge in [0.25, 0.3) is 5.89 Å². The molecule has 8 heteroatoms. The molecule has 2 aromatic heterocycles. The van der Waals surface area contributed by atoms with Crippen molar-refractivity contribution < 1.29 is 22.4 Å². The fourth-order valence-electron chi connectivity index (χ4n) is 2.27. The van der Waals surface area contributed by atoms with E-state index in [0.29, 0.717) is 18.1 Å². The molecule has 26 heavy (non-hydrogen) atoms. The van der Waals surface area contributed by atoms with Gasteiger partial charge in [-0.3, -0.25) is 0 Å². The fraction of sp³-hybridized carbons (Fsp3) is 0.278. The summed E-state index contributed by atoms with van der Waals surface area (Å²) in [4.78, 5) is 8.35. The van der Waals surface area contributed by atoms with Crippen LogP contribution in [0.15, 0.2) is 47.1 Å². The number of rotatable bonds is 6. The van der Waals surface area contributed by atoms with Crippen LogP contribution in [0.1, 0.15) is 25.3 Å². The molecule has 3 aromatic rings. The summed E-state index contributed by atoms with van der Waals surface area (Å²) in [5.41, 5.74) is -0.0622. The molecule has 3 rings (SSSR count). The summed E-state index contributed by atoms with van der Waals surface area (Å²) in [6.07, 6.45) is -1.02. The first-order valence-corrected chi connectivity index (χ1v) is 8.08. The maximum Gasteiger partial charge on any atom is 0.416 e. The normalized spacial score (nSPS) is 11.5. The van der Waals surface area contributed by atoms with E-state index in [1.54, 1.807) is 18.3 Å². The van der Waals surface area contributed by atoms with Gasteiger partial charge in [0.15, 0.2) is 0 Å². The summed E-state index contributed by atoms with van der Waals surface area (Å²) in [5, 5.41) is 3.79. The predicted molar refractivity (Wildman–Crippen MR) is 88.4 cm³/mol. The molecule has 1 aromatic carbocycles. The Kier molecular flexibility index (Phi) is 5.20. The van der Waals surface area contributed by atoms with Gasteiger partial charge in [0.2, 0.25) is 11.7 Å². The zero-order chi connectivity index (χ0) is 18.6. The molecular weight excluding hydrogens is 347 g/mol. The molecule has 0 saturated heterocycles. The molecule has 0 fully saturated rings. The Morgan fingerprint density at radius 2 is 2.00 bits per heavy atom. The minimum atomic E-state index is -4.44. The van der Waals surface area contributed by atoms with Crippen LogP contribution in [0.5, 0.6) is 5.88 Å². The third-order valence-corrected chi connectivity index (χ3v) is 3.61. The summed E-state index contributed by atoms with van der Waals surface area (Å²) in [7, 11) is 0. The van der Waals surface area contributed by atoms with Crippen LogP contribution >= 0.6 is 0 Å². The Hall–Kier alpha value is -2.90. The Labute approximate surface area is 147 Å². The average Bonchev–Trinajstić information content (AvgIpc) is 3.12. The van der Waals surface area contributed by atoms with E-state index in [0.717, 1.165) is 25.0 Å². The quantitative estimate of drug-likeness (QED) is 0.577. The van der Waals surface area contributed by atoms with Crippen molar-refractivity contribution in [1.82, 2.24) is 15.1 Å². The van der Waals surface area contributed by atoms with Crippen LogP contribution < -0.4 is 4.74 Å². The van der Waals surface area contributed by atoms with Crippen molar-refractivity contribution in [3.8, 4) is 28.7 Å². The number of alkyl halides is 3. The Morgan fingerprint density at radius 1 is 1.15 bits per heavy atom. The molecule has 0 radical (unpaired) electrons. The summed E-state index contributed by atoms with van der Waals surface area (Å²) < 4.78 is 49.4. The number of hydrogen-bond acceptors (Lipinski definition) is 5. The van der Waals surface area contributed by atoms with E-state index in [4.69, 9.17) is 9.26 Å². The van der Waals surface area contributed by atoms with Crippen LogP contribution in [0.4, 0.5) is 13.2 Å². The molecule has 0 aliphatic heterocycles. The summed E-state index contributed by atoms with van der Waals surface area (Å²) >= 11 is 0. The monoisotopic (exact) mass is 363 g/mol. The molecule has 0 amide bonds. The SMILES string of the molecule is CCCCOc1ncccc1-c1nc(-c2cccc(C(F)(F)F)c2)no1. The van der Waals surface area contributed by atoms with Gasteiger partial charge >= 0.3 is 6.18 Å². The Balaban J connectivity index is 1.89. The lowest BCUT2D eigenvalue weighted by Crippen LogP contribution is -2.04. The van der Waals surface area contributed by atoms with Crippen molar-refractivity contribution in [2.24, 2.45) is 0 Å². The van der Waals surface area contributed by atoms with E-state index in [-0.39, 0.29) is 17.3 Å². The lowest BCUT2D eigenvalue weighted by molar-refractivity contribution is -0.137. The highest BCUT2D eigenvalue weighted by Gasteiger charge is 2.30. The Bertz CT molecular complexity index is 878. The highest BCUT2D eigenvalue weighted by Crippen LogP contribution is 2.33. The lowest BCUT2D eigenvalue weighted by Gasteiger charge is -2.07. The maximum absolute atomic E-state index is 12.9. The van der Waals surface area contributed by atoms with Crippen LogP contribution in [0, 0.1) is 0 Å². The van der Waals surface area contributed by atoms with Crippen LogP contribution in [-0.4, -0.2) is 21.7 Å². The first kappa shape index (κ1) is 17.9. The molecule has 0 spiro atoms. The molecule has 0 bridgehead atoms. The number of aromatic nitrogens is 3. The van der Waals surface area contributed by atoms with E-state index in [9.17, 15) is 13.2 Å². The second-order valence-electron chi connectivity index (χ2n) is 5.56. The highest BCUT2D eigenvalue weighted by atomic mass is 19.4. The highest BCUT2D eigenvalue weighted by molar-refractivity contribution is 5.63. The van der Waals surface area contributed by atoms with Crippen molar-refractivity contribution in [2.45, 2.75) is 25.9 Å². The summed E-state index contributed by atoms with van der Waals surface area (Å²) in [6.45, 7) is 2.54. The number of unbranched alkanes of at least 4 members (excludes halogenated alkanes) is 1. The van der Waals surface area contributed by atoms with Crippen molar-refractivity contribution >= 4 is 0 Å².